The van der Waals surface area contributed by atoms with Gasteiger partial charge in [-0.1, -0.05) is 24.3 Å². The van der Waals surface area contributed by atoms with Crippen LogP contribution in [0.5, 0.6) is 0 Å². The predicted molar refractivity (Wildman–Crippen MR) is 106 cm³/mol. The lowest BCUT2D eigenvalue weighted by atomic mass is 9.93. The summed E-state index contributed by atoms with van der Waals surface area (Å²) < 4.78 is 1.86. The first-order chi connectivity index (χ1) is 13.2. The molecule has 1 aliphatic heterocycles. The number of benzene rings is 1. The van der Waals surface area contributed by atoms with Gasteiger partial charge in [0.25, 0.3) is 0 Å². The molecule has 0 spiro atoms. The van der Waals surface area contributed by atoms with Crippen molar-refractivity contribution in [2.75, 3.05) is 13.1 Å². The maximum Gasteiger partial charge on any atom is 0.0705 e. The summed E-state index contributed by atoms with van der Waals surface area (Å²) in [5.74, 6) is 0.455. The highest BCUT2D eigenvalue weighted by molar-refractivity contribution is 5.60. The predicted octanol–water partition coefficient (Wildman–Crippen LogP) is 3.35. The maximum absolute atomic E-state index is 9.39. The normalized spacial score (nSPS) is 17.9. The smallest absolute Gasteiger partial charge is 0.0705 e. The lowest BCUT2D eigenvalue weighted by molar-refractivity contribution is 0.198. The monoisotopic (exact) mass is 362 g/mol. The van der Waals surface area contributed by atoms with Gasteiger partial charge in [-0.25, -0.2) is 0 Å². The van der Waals surface area contributed by atoms with Gasteiger partial charge < -0.3 is 5.11 Å². The third-order valence-electron chi connectivity index (χ3n) is 5.26. The Labute approximate surface area is 160 Å². The molecule has 2 aromatic heterocycles. The van der Waals surface area contributed by atoms with Crippen molar-refractivity contribution in [3.8, 4) is 11.3 Å². The van der Waals surface area contributed by atoms with Crippen molar-refractivity contribution in [2.45, 2.75) is 31.9 Å². The molecule has 1 aromatic carbocycles. The number of likely N-dealkylation sites (tertiary alicyclic amines) is 1. The van der Waals surface area contributed by atoms with Crippen LogP contribution in [0, 0.1) is 0 Å². The van der Waals surface area contributed by atoms with E-state index in [1.807, 2.05) is 36.1 Å². The molecule has 0 saturated carbocycles. The maximum atomic E-state index is 9.39. The van der Waals surface area contributed by atoms with E-state index in [0.717, 1.165) is 42.1 Å². The van der Waals surface area contributed by atoms with Crippen LogP contribution >= 0.6 is 0 Å². The van der Waals surface area contributed by atoms with Crippen LogP contribution in [0.1, 0.15) is 35.6 Å². The van der Waals surface area contributed by atoms with E-state index in [1.165, 1.54) is 18.4 Å². The van der Waals surface area contributed by atoms with Crippen molar-refractivity contribution in [3.63, 3.8) is 0 Å². The molecule has 3 heterocycles. The second-order valence-corrected chi connectivity index (χ2v) is 7.40. The summed E-state index contributed by atoms with van der Waals surface area (Å²) in [5, 5.41) is 13.7. The molecule has 0 radical (unpaired) electrons. The summed E-state index contributed by atoms with van der Waals surface area (Å²) in [6.45, 7) is 3.16. The average Bonchev–Trinajstić information content (AvgIpc) is 3.13. The van der Waals surface area contributed by atoms with E-state index < -0.39 is 0 Å². The fourth-order valence-electron chi connectivity index (χ4n) is 3.92. The lowest BCUT2D eigenvalue weighted by Crippen LogP contribution is -2.34. The molecule has 140 valence electrons. The number of aromatic nitrogens is 3. The Balaban J connectivity index is 1.50. The zero-order chi connectivity index (χ0) is 18.6. The molecule has 0 amide bonds. The number of rotatable bonds is 5. The summed E-state index contributed by atoms with van der Waals surface area (Å²) in [6.07, 6.45) is 6.42. The van der Waals surface area contributed by atoms with Crippen LogP contribution < -0.4 is 0 Å². The van der Waals surface area contributed by atoms with E-state index in [4.69, 9.17) is 4.98 Å². The van der Waals surface area contributed by atoms with Crippen LogP contribution in [0.4, 0.5) is 0 Å². The van der Waals surface area contributed by atoms with Gasteiger partial charge in [-0.3, -0.25) is 14.6 Å². The molecule has 27 heavy (non-hydrogen) atoms. The van der Waals surface area contributed by atoms with Gasteiger partial charge in [-0.2, -0.15) is 5.10 Å². The Bertz CT molecular complexity index is 905. The first-order valence-corrected chi connectivity index (χ1v) is 9.58. The molecule has 0 unspecified atom stereocenters. The first kappa shape index (κ1) is 17.9. The lowest BCUT2D eigenvalue weighted by Gasteiger charge is -2.32. The second-order valence-electron chi connectivity index (χ2n) is 7.40. The van der Waals surface area contributed by atoms with Gasteiger partial charge in [0.15, 0.2) is 0 Å². The molecule has 4 rings (SSSR count). The minimum Gasteiger partial charge on any atom is -0.392 e. The zero-order valence-electron chi connectivity index (χ0n) is 15.8. The first-order valence-electron chi connectivity index (χ1n) is 9.58. The standard InChI is InChI=1S/C22H26N4O/c1-25-13-18(12-23-25)14-26-10-4-7-20(15-26)22-9-3-8-21(24-22)19-6-2-5-17(11-19)16-27/h2-3,5-6,8-9,11-13,20,27H,4,7,10,14-16H2,1H3/t20-/m1/s1. The Morgan fingerprint density at radius 1 is 1.15 bits per heavy atom. The van der Waals surface area contributed by atoms with E-state index in [0.29, 0.717) is 5.92 Å². The largest absolute Gasteiger partial charge is 0.392 e. The highest BCUT2D eigenvalue weighted by Gasteiger charge is 2.23. The minimum absolute atomic E-state index is 0.0550. The van der Waals surface area contributed by atoms with E-state index >= 15 is 0 Å². The molecule has 0 bridgehead atoms. The van der Waals surface area contributed by atoms with Crippen LogP contribution in [0.3, 0.4) is 0 Å². The SMILES string of the molecule is Cn1cc(CN2CCC[C@@H](c3cccc(-c4cccc(CO)c4)n3)C2)cn1. The number of hydrogen-bond donors (Lipinski definition) is 1. The fraction of sp³-hybridized carbons (Fsp3) is 0.364. The number of nitrogens with zero attached hydrogens (tertiary/aromatic N) is 4. The average molecular weight is 362 g/mol. The summed E-state index contributed by atoms with van der Waals surface area (Å²) >= 11 is 0. The number of hydrogen-bond acceptors (Lipinski definition) is 4. The third kappa shape index (κ3) is 4.26. The van der Waals surface area contributed by atoms with E-state index in [9.17, 15) is 5.11 Å². The summed E-state index contributed by atoms with van der Waals surface area (Å²) in [5.41, 5.74) is 5.39. The molecule has 1 N–H and O–H groups in total. The third-order valence-corrected chi connectivity index (χ3v) is 5.26. The molecule has 1 aliphatic rings. The molecular formula is C22H26N4O. The van der Waals surface area contributed by atoms with Gasteiger partial charge in [-0.05, 0) is 43.1 Å². The van der Waals surface area contributed by atoms with Gasteiger partial charge in [0.1, 0.15) is 0 Å². The van der Waals surface area contributed by atoms with Crippen molar-refractivity contribution in [2.24, 2.45) is 7.05 Å². The van der Waals surface area contributed by atoms with Crippen LogP contribution in [-0.4, -0.2) is 37.9 Å². The second kappa shape index (κ2) is 8.03. The zero-order valence-corrected chi connectivity index (χ0v) is 15.8. The number of aryl methyl sites for hydroxylation is 1. The van der Waals surface area contributed by atoms with E-state index in [-0.39, 0.29) is 6.61 Å². The highest BCUT2D eigenvalue weighted by atomic mass is 16.3. The molecular weight excluding hydrogens is 336 g/mol. The molecule has 1 atom stereocenters. The Morgan fingerprint density at radius 3 is 2.85 bits per heavy atom. The molecule has 1 fully saturated rings. The Kier molecular flexibility index (Phi) is 5.32. The van der Waals surface area contributed by atoms with Crippen LogP contribution in [-0.2, 0) is 20.2 Å². The fourth-order valence-corrected chi connectivity index (χ4v) is 3.92. The summed E-state index contributed by atoms with van der Waals surface area (Å²) in [4.78, 5) is 7.47. The van der Waals surface area contributed by atoms with Gasteiger partial charge >= 0.3 is 0 Å². The molecule has 5 nitrogen and oxygen atoms in total. The van der Waals surface area contributed by atoms with Gasteiger partial charge in [-0.15, -0.1) is 0 Å². The van der Waals surface area contributed by atoms with Crippen molar-refractivity contribution in [1.82, 2.24) is 19.7 Å². The summed E-state index contributed by atoms with van der Waals surface area (Å²) in [6, 6.07) is 14.3. The van der Waals surface area contributed by atoms with Crippen molar-refractivity contribution in [1.29, 1.82) is 0 Å². The van der Waals surface area contributed by atoms with E-state index in [2.05, 4.69) is 40.5 Å². The Hall–Kier alpha value is -2.50. The topological polar surface area (TPSA) is 54.2 Å². The number of pyridine rings is 1. The highest BCUT2D eigenvalue weighted by Crippen LogP contribution is 2.28. The van der Waals surface area contributed by atoms with Crippen LogP contribution in [0.25, 0.3) is 11.3 Å². The Morgan fingerprint density at radius 2 is 2.04 bits per heavy atom. The van der Waals surface area contributed by atoms with Crippen molar-refractivity contribution in [3.05, 3.63) is 71.7 Å². The number of piperidine rings is 1. The van der Waals surface area contributed by atoms with Crippen molar-refractivity contribution >= 4 is 0 Å². The van der Waals surface area contributed by atoms with Gasteiger partial charge in [0.05, 0.1) is 18.5 Å². The van der Waals surface area contributed by atoms with Crippen molar-refractivity contribution < 1.29 is 5.11 Å². The minimum atomic E-state index is 0.0550. The quantitative estimate of drug-likeness (QED) is 0.756. The molecule has 0 aliphatic carbocycles. The molecule has 5 heteroatoms. The van der Waals surface area contributed by atoms with Crippen LogP contribution in [0.15, 0.2) is 54.9 Å². The molecule has 3 aromatic rings. The summed E-state index contributed by atoms with van der Waals surface area (Å²) in [7, 11) is 1.96. The van der Waals surface area contributed by atoms with Gasteiger partial charge in [0, 0.05) is 49.1 Å². The number of aliphatic hydroxyl groups excluding tert-OH is 1. The van der Waals surface area contributed by atoms with E-state index in [1.54, 1.807) is 0 Å². The van der Waals surface area contributed by atoms with Crippen LogP contribution in [0.2, 0.25) is 0 Å². The molecule has 1 saturated heterocycles. The number of aliphatic hydroxyl groups is 1. The van der Waals surface area contributed by atoms with Gasteiger partial charge in [0.2, 0.25) is 0 Å².